The van der Waals surface area contributed by atoms with Gasteiger partial charge in [0.2, 0.25) is 0 Å². The number of carbonyl (C=O) groups is 1. The molecule has 0 radical (unpaired) electrons. The number of rotatable bonds is 5. The van der Waals surface area contributed by atoms with E-state index in [4.69, 9.17) is 4.74 Å². The number of para-hydroxylation sites is 1. The van der Waals surface area contributed by atoms with E-state index >= 15 is 0 Å². The predicted octanol–water partition coefficient (Wildman–Crippen LogP) is 3.88. The van der Waals surface area contributed by atoms with E-state index in [9.17, 15) is 4.79 Å². The number of hydrogen-bond acceptors (Lipinski definition) is 2. The lowest BCUT2D eigenvalue weighted by Crippen LogP contribution is -2.37. The molecule has 1 amide bonds. The largest absolute Gasteiger partial charge is 0.481 e. The summed E-state index contributed by atoms with van der Waals surface area (Å²) in [5, 5.41) is 0. The summed E-state index contributed by atoms with van der Waals surface area (Å²) in [5.74, 6) is 0.664. The SMILES string of the molecule is CC(Oc1ccccc1)C(=O)N(C)Cc1ccc(Br)cc1. The molecule has 0 spiro atoms. The molecule has 110 valence electrons. The third-order valence-corrected chi connectivity index (χ3v) is 3.64. The summed E-state index contributed by atoms with van der Waals surface area (Å²) in [6.07, 6.45) is -0.507. The van der Waals surface area contributed by atoms with Crippen molar-refractivity contribution in [3.8, 4) is 5.75 Å². The van der Waals surface area contributed by atoms with Gasteiger partial charge in [-0.25, -0.2) is 0 Å². The number of ether oxygens (including phenoxy) is 1. The number of amides is 1. The Morgan fingerprint density at radius 1 is 1.14 bits per heavy atom. The lowest BCUT2D eigenvalue weighted by molar-refractivity contribution is -0.137. The molecule has 0 heterocycles. The van der Waals surface area contributed by atoms with Crippen molar-refractivity contribution in [3.05, 3.63) is 64.6 Å². The van der Waals surface area contributed by atoms with Crippen LogP contribution in [0.25, 0.3) is 0 Å². The van der Waals surface area contributed by atoms with Gasteiger partial charge >= 0.3 is 0 Å². The molecule has 4 heteroatoms. The maximum atomic E-state index is 12.3. The Balaban J connectivity index is 1.93. The Morgan fingerprint density at radius 2 is 1.76 bits per heavy atom. The van der Waals surface area contributed by atoms with Crippen LogP contribution in [0.3, 0.4) is 0 Å². The fourth-order valence-corrected chi connectivity index (χ4v) is 2.27. The molecule has 0 N–H and O–H groups in total. The monoisotopic (exact) mass is 347 g/mol. The van der Waals surface area contributed by atoms with Crippen LogP contribution in [0.5, 0.6) is 5.75 Å². The standard InChI is InChI=1S/C17H18BrNO2/c1-13(21-16-6-4-3-5-7-16)17(20)19(2)12-14-8-10-15(18)11-9-14/h3-11,13H,12H2,1-2H3. The van der Waals surface area contributed by atoms with Crippen LogP contribution in [0.2, 0.25) is 0 Å². The lowest BCUT2D eigenvalue weighted by atomic mass is 10.2. The van der Waals surface area contributed by atoms with Gasteiger partial charge in [0.1, 0.15) is 5.75 Å². The second-order valence-corrected chi connectivity index (χ2v) is 5.81. The summed E-state index contributed by atoms with van der Waals surface area (Å²) >= 11 is 3.40. The molecule has 0 saturated heterocycles. The highest BCUT2D eigenvalue weighted by Crippen LogP contribution is 2.14. The number of carbonyl (C=O) groups excluding carboxylic acids is 1. The van der Waals surface area contributed by atoms with E-state index in [0.717, 1.165) is 10.0 Å². The number of nitrogens with zero attached hydrogens (tertiary/aromatic N) is 1. The quantitative estimate of drug-likeness (QED) is 0.821. The Labute approximate surface area is 133 Å². The molecule has 1 unspecified atom stereocenters. The summed E-state index contributed by atoms with van der Waals surface area (Å²) in [6, 6.07) is 17.3. The molecule has 0 aliphatic heterocycles. The predicted molar refractivity (Wildman–Crippen MR) is 87.1 cm³/mol. The smallest absolute Gasteiger partial charge is 0.263 e. The molecule has 0 aliphatic carbocycles. The van der Waals surface area contributed by atoms with Gasteiger partial charge in [0, 0.05) is 18.1 Å². The second kappa shape index (κ2) is 7.27. The van der Waals surface area contributed by atoms with E-state index in [1.807, 2.05) is 54.6 Å². The lowest BCUT2D eigenvalue weighted by Gasteiger charge is -2.22. The maximum absolute atomic E-state index is 12.3. The van der Waals surface area contributed by atoms with Crippen LogP contribution in [0.1, 0.15) is 12.5 Å². The number of hydrogen-bond donors (Lipinski definition) is 0. The highest BCUT2D eigenvalue weighted by atomic mass is 79.9. The molecule has 0 bridgehead atoms. The molecule has 3 nitrogen and oxygen atoms in total. The molecule has 1 atom stereocenters. The molecular weight excluding hydrogens is 330 g/mol. The van der Waals surface area contributed by atoms with Crippen LogP contribution in [0.15, 0.2) is 59.1 Å². The van der Waals surface area contributed by atoms with Crippen molar-refractivity contribution in [2.75, 3.05) is 7.05 Å². The average molecular weight is 348 g/mol. The maximum Gasteiger partial charge on any atom is 0.263 e. The minimum absolute atomic E-state index is 0.0400. The zero-order valence-electron chi connectivity index (χ0n) is 12.1. The third kappa shape index (κ3) is 4.60. The van der Waals surface area contributed by atoms with Gasteiger partial charge in [0.05, 0.1) is 0 Å². The Morgan fingerprint density at radius 3 is 2.38 bits per heavy atom. The summed E-state index contributed by atoms with van der Waals surface area (Å²) < 4.78 is 6.68. The van der Waals surface area contributed by atoms with Crippen molar-refractivity contribution in [3.63, 3.8) is 0 Å². The van der Waals surface area contributed by atoms with Gasteiger partial charge in [-0.05, 0) is 36.8 Å². The normalized spacial score (nSPS) is 11.8. The highest BCUT2D eigenvalue weighted by Gasteiger charge is 2.19. The fourth-order valence-electron chi connectivity index (χ4n) is 2.01. The van der Waals surface area contributed by atoms with Gasteiger partial charge in [0.15, 0.2) is 6.10 Å². The van der Waals surface area contributed by atoms with Crippen molar-refractivity contribution in [2.24, 2.45) is 0 Å². The Hall–Kier alpha value is -1.81. The molecule has 0 saturated carbocycles. The third-order valence-electron chi connectivity index (χ3n) is 3.11. The number of likely N-dealkylation sites (N-methyl/N-ethyl adjacent to an activating group) is 1. The number of halogens is 1. The summed E-state index contributed by atoms with van der Waals surface area (Å²) in [6.45, 7) is 2.34. The summed E-state index contributed by atoms with van der Waals surface area (Å²) in [4.78, 5) is 14.0. The molecule has 2 rings (SSSR count). The molecule has 0 aromatic heterocycles. The van der Waals surface area contributed by atoms with Gasteiger partial charge in [-0.15, -0.1) is 0 Å². The molecular formula is C17H18BrNO2. The van der Waals surface area contributed by atoms with Crippen LogP contribution >= 0.6 is 15.9 Å². The summed E-state index contributed by atoms with van der Waals surface area (Å²) in [5.41, 5.74) is 1.08. The first-order valence-corrected chi connectivity index (χ1v) is 7.56. The highest BCUT2D eigenvalue weighted by molar-refractivity contribution is 9.10. The van der Waals surface area contributed by atoms with Crippen molar-refractivity contribution in [1.29, 1.82) is 0 Å². The van der Waals surface area contributed by atoms with Crippen LogP contribution in [0, 0.1) is 0 Å². The van der Waals surface area contributed by atoms with Gasteiger partial charge in [0.25, 0.3) is 5.91 Å². The molecule has 0 fully saturated rings. The van der Waals surface area contributed by atoms with Gasteiger partial charge < -0.3 is 9.64 Å². The number of benzene rings is 2. The average Bonchev–Trinajstić information content (AvgIpc) is 2.49. The van der Waals surface area contributed by atoms with E-state index < -0.39 is 6.10 Å². The molecule has 0 aliphatic rings. The minimum atomic E-state index is -0.507. The minimum Gasteiger partial charge on any atom is -0.481 e. The van der Waals surface area contributed by atoms with Crippen LogP contribution < -0.4 is 4.74 Å². The first-order chi connectivity index (χ1) is 10.1. The molecule has 2 aromatic rings. The van der Waals surface area contributed by atoms with Crippen molar-refractivity contribution >= 4 is 21.8 Å². The van der Waals surface area contributed by atoms with Crippen molar-refractivity contribution < 1.29 is 9.53 Å². The van der Waals surface area contributed by atoms with E-state index in [0.29, 0.717) is 12.3 Å². The van der Waals surface area contributed by atoms with Crippen molar-refractivity contribution in [2.45, 2.75) is 19.6 Å². The van der Waals surface area contributed by atoms with Crippen LogP contribution in [-0.4, -0.2) is 24.0 Å². The zero-order valence-corrected chi connectivity index (χ0v) is 13.7. The van der Waals surface area contributed by atoms with E-state index in [1.165, 1.54) is 0 Å². The van der Waals surface area contributed by atoms with Gasteiger partial charge in [-0.3, -0.25) is 4.79 Å². The van der Waals surface area contributed by atoms with E-state index in [2.05, 4.69) is 15.9 Å². The van der Waals surface area contributed by atoms with Crippen LogP contribution in [0.4, 0.5) is 0 Å². The van der Waals surface area contributed by atoms with Gasteiger partial charge in [-0.2, -0.15) is 0 Å². The Kier molecular flexibility index (Phi) is 5.39. The Bertz CT molecular complexity index is 583. The first kappa shape index (κ1) is 15.6. The molecule has 2 aromatic carbocycles. The topological polar surface area (TPSA) is 29.5 Å². The first-order valence-electron chi connectivity index (χ1n) is 6.77. The van der Waals surface area contributed by atoms with Gasteiger partial charge in [-0.1, -0.05) is 46.3 Å². The fraction of sp³-hybridized carbons (Fsp3) is 0.235. The van der Waals surface area contributed by atoms with E-state index in [-0.39, 0.29) is 5.91 Å². The second-order valence-electron chi connectivity index (χ2n) is 4.89. The van der Waals surface area contributed by atoms with Crippen molar-refractivity contribution in [1.82, 2.24) is 4.90 Å². The zero-order chi connectivity index (χ0) is 15.2. The molecule has 21 heavy (non-hydrogen) atoms. The van der Waals surface area contributed by atoms with E-state index in [1.54, 1.807) is 18.9 Å². The van der Waals surface area contributed by atoms with Crippen LogP contribution in [-0.2, 0) is 11.3 Å². The summed E-state index contributed by atoms with van der Waals surface area (Å²) in [7, 11) is 1.79.